The van der Waals surface area contributed by atoms with Crippen LogP contribution < -0.4 is 0 Å². The van der Waals surface area contributed by atoms with Gasteiger partial charge in [0.2, 0.25) is 0 Å². The third-order valence-electron chi connectivity index (χ3n) is 8.63. The van der Waals surface area contributed by atoms with Crippen molar-refractivity contribution in [2.75, 3.05) is 41.0 Å². The topological polar surface area (TPSA) is 99.1 Å². The zero-order valence-corrected chi connectivity index (χ0v) is 34.2. The predicted molar refractivity (Wildman–Crippen MR) is 220 cm³/mol. The Bertz CT molecular complexity index is 1100. The van der Waals surface area contributed by atoms with Crippen molar-refractivity contribution in [1.29, 1.82) is 0 Å². The molecule has 0 spiro atoms. The maximum Gasteiger partial charge on any atom is 0.362 e. The molecular weight excluding hydrogens is 666 g/mol. The minimum Gasteiger partial charge on any atom is -0.477 e. The van der Waals surface area contributed by atoms with E-state index >= 15 is 0 Å². The van der Waals surface area contributed by atoms with Gasteiger partial charge in [0, 0.05) is 12.8 Å². The highest BCUT2D eigenvalue weighted by Crippen LogP contribution is 2.13. The number of aliphatic carboxylic acids is 1. The number of carbonyl (C=O) groups is 3. The largest absolute Gasteiger partial charge is 0.477 e. The average Bonchev–Trinajstić information content (AvgIpc) is 3.11. The number of allylic oxidation sites excluding steroid dienone is 11. The first-order chi connectivity index (χ1) is 25.6. The molecule has 2 atom stereocenters. The molecule has 0 rings (SSSR count). The molecule has 8 nitrogen and oxygen atoms in total. The van der Waals surface area contributed by atoms with Crippen LogP contribution in [0.25, 0.3) is 0 Å². The number of unbranched alkanes of at least 4 members (excludes halogenated alkanes) is 10. The molecule has 0 fully saturated rings. The van der Waals surface area contributed by atoms with Crippen LogP contribution in [0.2, 0.25) is 0 Å². The van der Waals surface area contributed by atoms with Gasteiger partial charge in [0.25, 0.3) is 0 Å². The minimum atomic E-state index is -0.891. The van der Waals surface area contributed by atoms with E-state index in [1.165, 1.54) is 51.4 Å². The number of carboxylic acid groups (broad SMARTS) is 1. The maximum atomic E-state index is 12.6. The van der Waals surface area contributed by atoms with Crippen LogP contribution in [0.15, 0.2) is 72.9 Å². The Morgan fingerprint density at radius 3 is 1.57 bits per heavy atom. The molecule has 0 saturated heterocycles. The highest BCUT2D eigenvalue weighted by molar-refractivity contribution is 5.72. The summed E-state index contributed by atoms with van der Waals surface area (Å²) < 4.78 is 17.1. The Morgan fingerprint density at radius 1 is 0.585 bits per heavy atom. The number of rotatable bonds is 35. The van der Waals surface area contributed by atoms with Crippen molar-refractivity contribution >= 4 is 17.9 Å². The van der Waals surface area contributed by atoms with Gasteiger partial charge in [-0.15, -0.1) is 0 Å². The van der Waals surface area contributed by atoms with E-state index in [1.54, 1.807) is 6.08 Å². The van der Waals surface area contributed by atoms with Gasteiger partial charge in [0.05, 0.1) is 40.8 Å². The van der Waals surface area contributed by atoms with Gasteiger partial charge in [-0.3, -0.25) is 9.59 Å². The second kappa shape index (κ2) is 35.8. The molecule has 0 aliphatic carbocycles. The fraction of sp³-hybridized carbons (Fsp3) is 0.667. The van der Waals surface area contributed by atoms with Gasteiger partial charge in [0.1, 0.15) is 6.61 Å². The molecule has 0 amide bonds. The van der Waals surface area contributed by atoms with Gasteiger partial charge in [-0.2, -0.15) is 0 Å². The van der Waals surface area contributed by atoms with Crippen LogP contribution in [0, 0.1) is 0 Å². The highest BCUT2D eigenvalue weighted by Gasteiger charge is 2.31. The number of carbonyl (C=O) groups excluding carboxylic acids is 2. The summed E-state index contributed by atoms with van der Waals surface area (Å²) in [4.78, 5) is 36.7. The summed E-state index contributed by atoms with van der Waals surface area (Å²) in [6.45, 7) is 4.37. The molecule has 0 heterocycles. The molecule has 0 aromatic rings. The minimum absolute atomic E-state index is 0.0206. The van der Waals surface area contributed by atoms with E-state index in [1.807, 2.05) is 27.2 Å². The van der Waals surface area contributed by atoms with Crippen molar-refractivity contribution < 1.29 is 38.2 Å². The average molecular weight is 743 g/mol. The van der Waals surface area contributed by atoms with Crippen LogP contribution in [0.3, 0.4) is 0 Å². The quantitative estimate of drug-likeness (QED) is 0.0299. The smallest absolute Gasteiger partial charge is 0.362 e. The molecule has 1 N–H and O–H groups in total. The Labute approximate surface area is 323 Å². The van der Waals surface area contributed by atoms with E-state index in [-0.39, 0.29) is 36.7 Å². The monoisotopic (exact) mass is 743 g/mol. The Morgan fingerprint density at radius 2 is 1.06 bits per heavy atom. The molecule has 0 saturated carbocycles. The molecule has 8 heteroatoms. The molecule has 53 heavy (non-hydrogen) atoms. The van der Waals surface area contributed by atoms with Gasteiger partial charge in [-0.05, 0) is 57.8 Å². The molecule has 0 aromatic carbocycles. The summed E-state index contributed by atoms with van der Waals surface area (Å²) in [5, 5.41) is 9.58. The summed E-state index contributed by atoms with van der Waals surface area (Å²) in [5.41, 5.74) is 0. The molecule has 2 unspecified atom stereocenters. The van der Waals surface area contributed by atoms with Gasteiger partial charge >= 0.3 is 17.9 Å². The van der Waals surface area contributed by atoms with Crippen LogP contribution >= 0.6 is 0 Å². The first kappa shape index (κ1) is 49.8. The van der Waals surface area contributed by atoms with Crippen molar-refractivity contribution in [1.82, 2.24) is 0 Å². The number of quaternary nitrogens is 1. The lowest BCUT2D eigenvalue weighted by molar-refractivity contribution is -0.887. The second-order valence-electron chi connectivity index (χ2n) is 14.5. The maximum absolute atomic E-state index is 12.6. The van der Waals surface area contributed by atoms with Crippen molar-refractivity contribution in [2.24, 2.45) is 0 Å². The number of ether oxygens (including phenoxy) is 3. The lowest BCUT2D eigenvalue weighted by Crippen LogP contribution is -2.50. The van der Waals surface area contributed by atoms with Crippen molar-refractivity contribution in [3.8, 4) is 0 Å². The number of likely N-dealkylation sites (N-methyl/N-ethyl adjacent to an activating group) is 1. The van der Waals surface area contributed by atoms with Crippen LogP contribution in [0.1, 0.15) is 142 Å². The molecule has 0 radical (unpaired) electrons. The fourth-order valence-electron chi connectivity index (χ4n) is 5.52. The summed E-state index contributed by atoms with van der Waals surface area (Å²) in [6, 6.07) is -0.630. The van der Waals surface area contributed by atoms with Crippen molar-refractivity contribution in [2.45, 2.75) is 154 Å². The predicted octanol–water partition coefficient (Wildman–Crippen LogP) is 10.8. The van der Waals surface area contributed by atoms with E-state index in [0.29, 0.717) is 12.8 Å². The number of hydrogen-bond donors (Lipinski definition) is 1. The number of hydrogen-bond acceptors (Lipinski definition) is 6. The van der Waals surface area contributed by atoms with Gasteiger partial charge < -0.3 is 23.8 Å². The summed E-state index contributed by atoms with van der Waals surface area (Å²) >= 11 is 0. The second-order valence-corrected chi connectivity index (χ2v) is 14.5. The van der Waals surface area contributed by atoms with E-state index in [0.717, 1.165) is 57.8 Å². The number of esters is 2. The van der Waals surface area contributed by atoms with Crippen LogP contribution in [-0.2, 0) is 28.6 Å². The Hall–Kier alpha value is -3.23. The Balaban J connectivity index is 4.32. The van der Waals surface area contributed by atoms with Crippen LogP contribution in [-0.4, -0.2) is 80.6 Å². The Kier molecular flexibility index (Phi) is 33.6. The molecule has 0 aliphatic rings. The third-order valence-corrected chi connectivity index (χ3v) is 8.63. The third kappa shape index (κ3) is 34.3. The molecule has 0 bridgehead atoms. The first-order valence-corrected chi connectivity index (χ1v) is 20.5. The lowest BCUT2D eigenvalue weighted by Gasteiger charge is -2.31. The van der Waals surface area contributed by atoms with Gasteiger partial charge in [-0.1, -0.05) is 138 Å². The van der Waals surface area contributed by atoms with Crippen molar-refractivity contribution in [3.05, 3.63) is 72.9 Å². The molecule has 0 aliphatic heterocycles. The molecule has 302 valence electrons. The SMILES string of the molecule is CC/C=C/C/C=C/C/C=C/CCCCCCCCCCCCC(=O)OCC(COCCC(C(=O)O)[N+](C)(C)C)OC(=O)C/C=C/C/C=C/C/C=C/CC. The normalized spacial score (nSPS) is 13.8. The van der Waals surface area contributed by atoms with E-state index in [9.17, 15) is 19.5 Å². The molecule has 0 aromatic heterocycles. The van der Waals surface area contributed by atoms with E-state index in [2.05, 4.69) is 74.6 Å². The number of nitrogens with zero attached hydrogens (tertiary/aromatic N) is 1. The van der Waals surface area contributed by atoms with E-state index < -0.39 is 24.1 Å². The van der Waals surface area contributed by atoms with Gasteiger partial charge in [-0.25, -0.2) is 4.79 Å². The zero-order chi connectivity index (χ0) is 39.3. The van der Waals surface area contributed by atoms with Crippen molar-refractivity contribution in [3.63, 3.8) is 0 Å². The molecular formula is C45H76NO7+. The first-order valence-electron chi connectivity index (χ1n) is 20.5. The zero-order valence-electron chi connectivity index (χ0n) is 34.2. The van der Waals surface area contributed by atoms with E-state index in [4.69, 9.17) is 14.2 Å². The lowest BCUT2D eigenvalue weighted by atomic mass is 10.1. The summed E-state index contributed by atoms with van der Waals surface area (Å²) in [7, 11) is 5.48. The number of carboxylic acids is 1. The summed E-state index contributed by atoms with van der Waals surface area (Å²) in [6.07, 6.45) is 44.2. The fourth-order valence-corrected chi connectivity index (χ4v) is 5.52. The standard InChI is InChI=1S/C45H75NO7/c1-6-8-10-12-14-16-17-18-19-20-21-22-23-24-25-26-28-29-31-33-35-43(47)52-40-41(39-51-38-37-42(45(49)50)46(3,4)5)53-44(48)36-34-32-30-27-15-13-11-9-7-2/h8-11,14-16,18-19,27,32,34,41-42H,6-7,12-13,17,20-26,28-31,33,35-40H2,1-5H3/p+1/b10-8+,11-9+,16-14+,19-18+,27-15+,34-32+. The van der Waals surface area contributed by atoms with Crippen LogP contribution in [0.5, 0.6) is 0 Å². The highest BCUT2D eigenvalue weighted by atomic mass is 16.6. The van der Waals surface area contributed by atoms with Crippen LogP contribution in [0.4, 0.5) is 0 Å². The van der Waals surface area contributed by atoms with Gasteiger partial charge in [0.15, 0.2) is 12.1 Å². The summed E-state index contributed by atoms with van der Waals surface area (Å²) in [5.74, 6) is -1.64.